The smallest absolute Gasteiger partial charge is 0.257 e. The summed E-state index contributed by atoms with van der Waals surface area (Å²) in [5.41, 5.74) is 1.83. The number of sulfonamides is 1. The van der Waals surface area contributed by atoms with E-state index in [9.17, 15) is 13.2 Å². The highest BCUT2D eigenvalue weighted by Gasteiger charge is 2.23. The van der Waals surface area contributed by atoms with Crippen molar-refractivity contribution >= 4 is 32.4 Å². The van der Waals surface area contributed by atoms with E-state index in [1.165, 1.54) is 29.0 Å². The Bertz CT molecular complexity index is 809. The molecule has 0 unspecified atom stereocenters. The number of carbonyl (C=O) groups excluding carboxylic acids is 1. The van der Waals surface area contributed by atoms with Gasteiger partial charge in [0.2, 0.25) is 15.2 Å². The highest BCUT2D eigenvalue weighted by atomic mass is 32.2. The van der Waals surface area contributed by atoms with Crippen LogP contribution < -0.4 is 10.0 Å². The first-order chi connectivity index (χ1) is 10.6. The fourth-order valence-corrected chi connectivity index (χ4v) is 3.75. The van der Waals surface area contributed by atoms with Crippen molar-refractivity contribution < 1.29 is 13.2 Å². The monoisotopic (exact) mass is 354 g/mol. The van der Waals surface area contributed by atoms with Gasteiger partial charge in [-0.3, -0.25) is 10.1 Å². The van der Waals surface area contributed by atoms with Crippen molar-refractivity contribution in [1.82, 2.24) is 14.9 Å². The van der Waals surface area contributed by atoms with Crippen molar-refractivity contribution in [1.29, 1.82) is 0 Å². The molecule has 0 saturated carbocycles. The number of aryl methyl sites for hydroxylation is 1. The van der Waals surface area contributed by atoms with Crippen LogP contribution in [0.4, 0.5) is 5.13 Å². The molecule has 2 rings (SSSR count). The van der Waals surface area contributed by atoms with Gasteiger partial charge in [0, 0.05) is 11.1 Å². The van der Waals surface area contributed by atoms with E-state index in [1.807, 2.05) is 0 Å². The highest BCUT2D eigenvalue weighted by molar-refractivity contribution is 7.89. The Hall–Kier alpha value is -1.84. The van der Waals surface area contributed by atoms with Crippen molar-refractivity contribution in [2.24, 2.45) is 0 Å². The van der Waals surface area contributed by atoms with Crippen LogP contribution in [0.25, 0.3) is 0 Å². The summed E-state index contributed by atoms with van der Waals surface area (Å²) in [6, 6.07) is 4.44. The van der Waals surface area contributed by atoms with Crippen LogP contribution in [-0.2, 0) is 10.0 Å². The minimum Gasteiger partial charge on any atom is -0.296 e. The maximum Gasteiger partial charge on any atom is 0.257 e. The molecule has 0 radical (unpaired) electrons. The molecule has 0 aliphatic rings. The fourth-order valence-electron chi connectivity index (χ4n) is 1.87. The number of anilines is 1. The average molecular weight is 354 g/mol. The second kappa shape index (κ2) is 6.34. The minimum atomic E-state index is -3.71. The number of benzene rings is 1. The predicted octanol–water partition coefficient (Wildman–Crippen LogP) is 2.18. The van der Waals surface area contributed by atoms with Gasteiger partial charge in [-0.15, -0.1) is 10.2 Å². The lowest BCUT2D eigenvalue weighted by Gasteiger charge is -2.20. The predicted molar refractivity (Wildman–Crippen MR) is 89.1 cm³/mol. The molecule has 1 aromatic carbocycles. The number of aromatic nitrogens is 2. The van der Waals surface area contributed by atoms with Crippen molar-refractivity contribution in [2.75, 3.05) is 5.32 Å². The largest absolute Gasteiger partial charge is 0.296 e. The van der Waals surface area contributed by atoms with Gasteiger partial charge in [0.1, 0.15) is 5.51 Å². The maximum absolute atomic E-state index is 12.4. The zero-order valence-corrected chi connectivity index (χ0v) is 14.9. The van der Waals surface area contributed by atoms with Gasteiger partial charge >= 0.3 is 0 Å². The SMILES string of the molecule is Cc1ccc(S(=O)(=O)NC(C)(C)C)cc1C(=O)Nc1nncs1. The molecule has 0 atom stereocenters. The summed E-state index contributed by atoms with van der Waals surface area (Å²) in [5.74, 6) is -0.424. The first-order valence-corrected chi connectivity index (χ1v) is 9.17. The first-order valence-electron chi connectivity index (χ1n) is 6.81. The molecule has 1 heterocycles. The minimum absolute atomic E-state index is 0.0421. The molecule has 0 fully saturated rings. The van der Waals surface area contributed by atoms with Gasteiger partial charge in [-0.2, -0.15) is 0 Å². The van der Waals surface area contributed by atoms with E-state index in [0.29, 0.717) is 10.7 Å². The molecule has 1 aromatic heterocycles. The van der Waals surface area contributed by atoms with Gasteiger partial charge in [-0.05, 0) is 45.4 Å². The summed E-state index contributed by atoms with van der Waals surface area (Å²) in [6.45, 7) is 6.99. The summed E-state index contributed by atoms with van der Waals surface area (Å²) < 4.78 is 27.3. The topological polar surface area (TPSA) is 101 Å². The van der Waals surface area contributed by atoms with Crippen molar-refractivity contribution in [3.05, 3.63) is 34.8 Å². The van der Waals surface area contributed by atoms with Crippen molar-refractivity contribution in [3.63, 3.8) is 0 Å². The zero-order valence-electron chi connectivity index (χ0n) is 13.2. The number of carbonyl (C=O) groups is 1. The number of rotatable bonds is 4. The average Bonchev–Trinajstić information content (AvgIpc) is 2.88. The number of nitrogens with one attached hydrogen (secondary N) is 2. The van der Waals surface area contributed by atoms with Crippen LogP contribution in [0.15, 0.2) is 28.6 Å². The lowest BCUT2D eigenvalue weighted by atomic mass is 10.1. The van der Waals surface area contributed by atoms with Crippen LogP contribution in [-0.4, -0.2) is 30.1 Å². The van der Waals surface area contributed by atoms with Crippen LogP contribution >= 0.6 is 11.3 Å². The molecule has 0 aliphatic heterocycles. The van der Waals surface area contributed by atoms with E-state index >= 15 is 0 Å². The summed E-state index contributed by atoms with van der Waals surface area (Å²) in [4.78, 5) is 12.4. The third kappa shape index (κ3) is 4.57. The maximum atomic E-state index is 12.4. The molecule has 1 amide bonds. The lowest BCUT2D eigenvalue weighted by Crippen LogP contribution is -2.40. The molecule has 2 aromatic rings. The number of amides is 1. The Balaban J connectivity index is 2.34. The second-order valence-electron chi connectivity index (χ2n) is 6.03. The Morgan fingerprint density at radius 2 is 1.96 bits per heavy atom. The molecule has 0 bridgehead atoms. The highest BCUT2D eigenvalue weighted by Crippen LogP contribution is 2.19. The van der Waals surface area contributed by atoms with Gasteiger partial charge in [0.25, 0.3) is 5.91 Å². The Kier molecular flexibility index (Phi) is 4.83. The normalized spacial score (nSPS) is 12.2. The molecule has 0 saturated heterocycles. The summed E-state index contributed by atoms with van der Waals surface area (Å²) in [7, 11) is -3.71. The molecule has 0 aliphatic carbocycles. The van der Waals surface area contributed by atoms with Crippen molar-refractivity contribution in [3.8, 4) is 0 Å². The molecular formula is C14H18N4O3S2. The number of nitrogens with zero attached hydrogens (tertiary/aromatic N) is 2. The Labute approximate surface area is 139 Å². The first kappa shape index (κ1) is 17.5. The van der Waals surface area contributed by atoms with Gasteiger partial charge in [-0.1, -0.05) is 17.4 Å². The van der Waals surface area contributed by atoms with Gasteiger partial charge in [0.15, 0.2) is 0 Å². The molecular weight excluding hydrogens is 336 g/mol. The van der Waals surface area contributed by atoms with E-state index in [0.717, 1.165) is 0 Å². The van der Waals surface area contributed by atoms with Crippen LogP contribution in [0.5, 0.6) is 0 Å². The third-order valence-corrected chi connectivity index (χ3v) is 5.15. The van der Waals surface area contributed by atoms with Crippen LogP contribution in [0.1, 0.15) is 36.7 Å². The Morgan fingerprint density at radius 1 is 1.26 bits per heavy atom. The number of hydrogen-bond acceptors (Lipinski definition) is 6. The molecule has 124 valence electrons. The molecule has 9 heteroatoms. The van der Waals surface area contributed by atoms with Gasteiger partial charge < -0.3 is 0 Å². The van der Waals surface area contributed by atoms with Crippen LogP contribution in [0.2, 0.25) is 0 Å². The molecule has 2 N–H and O–H groups in total. The van der Waals surface area contributed by atoms with Gasteiger partial charge in [0.05, 0.1) is 4.90 Å². The summed E-state index contributed by atoms with van der Waals surface area (Å²) in [6.07, 6.45) is 0. The molecule has 23 heavy (non-hydrogen) atoms. The molecule has 7 nitrogen and oxygen atoms in total. The fraction of sp³-hybridized carbons (Fsp3) is 0.357. The van der Waals surface area contributed by atoms with Crippen LogP contribution in [0, 0.1) is 6.92 Å². The Morgan fingerprint density at radius 3 is 2.52 bits per heavy atom. The quantitative estimate of drug-likeness (QED) is 0.876. The summed E-state index contributed by atoms with van der Waals surface area (Å²) >= 11 is 1.18. The lowest BCUT2D eigenvalue weighted by molar-refractivity contribution is 0.102. The second-order valence-corrected chi connectivity index (χ2v) is 8.55. The van der Waals surface area contributed by atoms with Crippen molar-refractivity contribution in [2.45, 2.75) is 38.1 Å². The van der Waals surface area contributed by atoms with E-state index in [-0.39, 0.29) is 10.5 Å². The van der Waals surface area contributed by atoms with Gasteiger partial charge in [-0.25, -0.2) is 13.1 Å². The standard InChI is InChI=1S/C14H18N4O3S2/c1-9-5-6-10(23(20,21)18-14(2,3)4)7-11(9)12(19)16-13-17-15-8-22-13/h5-8,18H,1-4H3,(H,16,17,19). The number of hydrogen-bond donors (Lipinski definition) is 2. The molecule has 0 spiro atoms. The van der Waals surface area contributed by atoms with E-state index in [1.54, 1.807) is 33.8 Å². The van der Waals surface area contributed by atoms with E-state index in [2.05, 4.69) is 20.2 Å². The zero-order chi connectivity index (χ0) is 17.3. The van der Waals surface area contributed by atoms with E-state index < -0.39 is 21.5 Å². The third-order valence-electron chi connectivity index (χ3n) is 2.79. The van der Waals surface area contributed by atoms with E-state index in [4.69, 9.17) is 0 Å². The summed E-state index contributed by atoms with van der Waals surface area (Å²) in [5, 5.41) is 10.3. The van der Waals surface area contributed by atoms with Crippen LogP contribution in [0.3, 0.4) is 0 Å².